The largest absolute Gasteiger partial charge is 0.496 e. The molecule has 0 atom stereocenters. The highest BCUT2D eigenvalue weighted by Crippen LogP contribution is 2.27. The van der Waals surface area contributed by atoms with Crippen LogP contribution in [0.4, 0.5) is 0 Å². The van der Waals surface area contributed by atoms with Crippen molar-refractivity contribution < 1.29 is 4.74 Å². The lowest BCUT2D eigenvalue weighted by atomic mass is 10.1. The molecule has 0 saturated heterocycles. The summed E-state index contributed by atoms with van der Waals surface area (Å²) in [5.74, 6) is 0.929. The zero-order valence-electron chi connectivity index (χ0n) is 12.0. The van der Waals surface area contributed by atoms with E-state index in [0.29, 0.717) is 0 Å². The van der Waals surface area contributed by atoms with Crippen molar-refractivity contribution in [3.05, 3.63) is 34.2 Å². The predicted molar refractivity (Wildman–Crippen MR) is 83.6 cm³/mol. The first kappa shape index (κ1) is 13.6. The van der Waals surface area contributed by atoms with Crippen molar-refractivity contribution in [1.82, 2.24) is 10.3 Å². The number of rotatable bonds is 6. The summed E-state index contributed by atoms with van der Waals surface area (Å²) in [6.45, 7) is 3.11. The fourth-order valence-electron chi connectivity index (χ4n) is 2.27. The van der Waals surface area contributed by atoms with Gasteiger partial charge in [-0.15, -0.1) is 11.3 Å². The highest BCUT2D eigenvalue weighted by molar-refractivity contribution is 7.09. The first-order valence-corrected chi connectivity index (χ1v) is 7.97. The first-order valence-electron chi connectivity index (χ1n) is 7.09. The van der Waals surface area contributed by atoms with Crippen LogP contribution in [0.5, 0.6) is 5.75 Å². The number of ether oxygens (including phenoxy) is 1. The SMILES string of the molecule is COc1ccc(-c2csc(CCNC3CC3)n2)cc1C. The van der Waals surface area contributed by atoms with Crippen LogP contribution >= 0.6 is 11.3 Å². The highest BCUT2D eigenvalue weighted by atomic mass is 32.1. The molecule has 1 aromatic heterocycles. The van der Waals surface area contributed by atoms with Crippen LogP contribution in [0.2, 0.25) is 0 Å². The van der Waals surface area contributed by atoms with Gasteiger partial charge < -0.3 is 10.1 Å². The van der Waals surface area contributed by atoms with Crippen molar-refractivity contribution in [2.45, 2.75) is 32.2 Å². The molecule has 0 spiro atoms. The maximum Gasteiger partial charge on any atom is 0.121 e. The summed E-state index contributed by atoms with van der Waals surface area (Å²) in [6, 6.07) is 7.00. The van der Waals surface area contributed by atoms with Crippen LogP contribution in [0.3, 0.4) is 0 Å². The summed E-state index contributed by atoms with van der Waals surface area (Å²) in [7, 11) is 1.70. The lowest BCUT2D eigenvalue weighted by molar-refractivity contribution is 0.412. The Hall–Kier alpha value is -1.39. The molecule has 20 heavy (non-hydrogen) atoms. The maximum absolute atomic E-state index is 5.30. The van der Waals surface area contributed by atoms with Crippen LogP contribution in [-0.4, -0.2) is 24.7 Å². The molecule has 3 rings (SSSR count). The van der Waals surface area contributed by atoms with Gasteiger partial charge in [0.25, 0.3) is 0 Å². The van der Waals surface area contributed by atoms with Gasteiger partial charge in [-0.3, -0.25) is 0 Å². The van der Waals surface area contributed by atoms with E-state index in [9.17, 15) is 0 Å². The van der Waals surface area contributed by atoms with Gasteiger partial charge in [0, 0.05) is 30.0 Å². The van der Waals surface area contributed by atoms with Gasteiger partial charge in [-0.1, -0.05) is 0 Å². The fourth-order valence-corrected chi connectivity index (χ4v) is 3.07. The molecule has 0 aliphatic heterocycles. The van der Waals surface area contributed by atoms with Gasteiger partial charge in [0.15, 0.2) is 0 Å². The Balaban J connectivity index is 1.67. The Bertz CT molecular complexity index is 590. The van der Waals surface area contributed by atoms with Crippen molar-refractivity contribution in [2.24, 2.45) is 0 Å². The standard InChI is InChI=1S/C16H20N2OS/c1-11-9-12(3-6-15(11)19-2)14-10-20-16(18-14)7-8-17-13-4-5-13/h3,6,9-10,13,17H,4-5,7-8H2,1-2H3. The second kappa shape index (κ2) is 5.94. The van der Waals surface area contributed by atoms with Crippen LogP contribution in [0.1, 0.15) is 23.4 Å². The van der Waals surface area contributed by atoms with Crippen LogP contribution in [-0.2, 0) is 6.42 Å². The molecule has 1 aliphatic carbocycles. The third-order valence-electron chi connectivity index (χ3n) is 3.59. The van der Waals surface area contributed by atoms with Crippen molar-refractivity contribution in [1.29, 1.82) is 0 Å². The summed E-state index contributed by atoms with van der Waals surface area (Å²) >= 11 is 1.75. The second-order valence-corrected chi connectivity index (χ2v) is 6.23. The summed E-state index contributed by atoms with van der Waals surface area (Å²) in [6.07, 6.45) is 3.71. The second-order valence-electron chi connectivity index (χ2n) is 5.29. The Morgan fingerprint density at radius 3 is 2.95 bits per heavy atom. The molecule has 1 N–H and O–H groups in total. The average Bonchev–Trinajstić information content (AvgIpc) is 3.15. The molecule has 0 bridgehead atoms. The summed E-state index contributed by atoms with van der Waals surface area (Å²) in [5, 5.41) is 6.88. The van der Waals surface area contributed by atoms with Crippen LogP contribution in [0.25, 0.3) is 11.3 Å². The Labute approximate surface area is 124 Å². The van der Waals surface area contributed by atoms with E-state index < -0.39 is 0 Å². The lowest BCUT2D eigenvalue weighted by Gasteiger charge is -2.05. The predicted octanol–water partition coefficient (Wildman–Crippen LogP) is 3.42. The first-order chi connectivity index (χ1) is 9.76. The van der Waals surface area contributed by atoms with E-state index in [4.69, 9.17) is 9.72 Å². The average molecular weight is 288 g/mol. The van der Waals surface area contributed by atoms with E-state index in [-0.39, 0.29) is 0 Å². The Kier molecular flexibility index (Phi) is 4.03. The number of benzene rings is 1. The molecule has 0 unspecified atom stereocenters. The van der Waals surface area contributed by atoms with E-state index >= 15 is 0 Å². The zero-order chi connectivity index (χ0) is 13.9. The molecule has 1 saturated carbocycles. The summed E-state index contributed by atoms with van der Waals surface area (Å²) in [5.41, 5.74) is 3.39. The maximum atomic E-state index is 5.30. The number of nitrogens with one attached hydrogen (secondary N) is 1. The summed E-state index contributed by atoms with van der Waals surface area (Å²) < 4.78 is 5.30. The van der Waals surface area contributed by atoms with Crippen LogP contribution < -0.4 is 10.1 Å². The molecule has 1 aliphatic rings. The normalized spacial score (nSPS) is 14.5. The van der Waals surface area contributed by atoms with E-state index in [1.165, 1.54) is 23.4 Å². The van der Waals surface area contributed by atoms with Gasteiger partial charge in [-0.05, 0) is 43.5 Å². The van der Waals surface area contributed by atoms with Gasteiger partial charge in [-0.2, -0.15) is 0 Å². The molecule has 4 heteroatoms. The van der Waals surface area contributed by atoms with Crippen molar-refractivity contribution in [3.63, 3.8) is 0 Å². The number of methoxy groups -OCH3 is 1. The zero-order valence-corrected chi connectivity index (χ0v) is 12.8. The van der Waals surface area contributed by atoms with Gasteiger partial charge in [0.2, 0.25) is 0 Å². The minimum atomic E-state index is 0.777. The van der Waals surface area contributed by atoms with Crippen LogP contribution in [0, 0.1) is 6.92 Å². The highest BCUT2D eigenvalue weighted by Gasteiger charge is 2.19. The monoisotopic (exact) mass is 288 g/mol. The molecule has 3 nitrogen and oxygen atoms in total. The van der Waals surface area contributed by atoms with Crippen molar-refractivity contribution in [3.8, 4) is 17.0 Å². The van der Waals surface area contributed by atoms with Crippen molar-refractivity contribution in [2.75, 3.05) is 13.7 Å². The minimum Gasteiger partial charge on any atom is -0.496 e. The number of thiazole rings is 1. The molecular formula is C16H20N2OS. The molecule has 1 aromatic carbocycles. The number of hydrogen-bond donors (Lipinski definition) is 1. The molecule has 0 amide bonds. The quantitative estimate of drug-likeness (QED) is 0.884. The van der Waals surface area contributed by atoms with E-state index in [2.05, 4.69) is 29.8 Å². The number of aryl methyl sites for hydroxylation is 1. The van der Waals surface area contributed by atoms with E-state index in [1.54, 1.807) is 18.4 Å². The van der Waals surface area contributed by atoms with Crippen molar-refractivity contribution >= 4 is 11.3 Å². The lowest BCUT2D eigenvalue weighted by Crippen LogP contribution is -2.19. The molecule has 106 valence electrons. The third-order valence-corrected chi connectivity index (χ3v) is 4.50. The molecule has 1 heterocycles. The van der Waals surface area contributed by atoms with Gasteiger partial charge >= 0.3 is 0 Å². The fraction of sp³-hybridized carbons (Fsp3) is 0.438. The number of aromatic nitrogens is 1. The minimum absolute atomic E-state index is 0.777. The molecule has 0 radical (unpaired) electrons. The van der Waals surface area contributed by atoms with Gasteiger partial charge in [-0.25, -0.2) is 4.98 Å². The third kappa shape index (κ3) is 3.19. The van der Waals surface area contributed by atoms with Crippen LogP contribution in [0.15, 0.2) is 23.6 Å². The Morgan fingerprint density at radius 2 is 2.25 bits per heavy atom. The number of hydrogen-bond acceptors (Lipinski definition) is 4. The van der Waals surface area contributed by atoms with E-state index in [0.717, 1.165) is 36.0 Å². The smallest absolute Gasteiger partial charge is 0.121 e. The van der Waals surface area contributed by atoms with E-state index in [1.807, 2.05) is 6.07 Å². The van der Waals surface area contributed by atoms with Gasteiger partial charge in [0.1, 0.15) is 5.75 Å². The topological polar surface area (TPSA) is 34.1 Å². The molecule has 2 aromatic rings. The molecule has 1 fully saturated rings. The Morgan fingerprint density at radius 1 is 1.40 bits per heavy atom. The number of nitrogens with zero attached hydrogens (tertiary/aromatic N) is 1. The molecular weight excluding hydrogens is 268 g/mol. The van der Waals surface area contributed by atoms with Gasteiger partial charge in [0.05, 0.1) is 17.8 Å². The summed E-state index contributed by atoms with van der Waals surface area (Å²) in [4.78, 5) is 4.73.